The number of nitrogens with zero attached hydrogens (tertiary/aromatic N) is 4. The van der Waals surface area contributed by atoms with Gasteiger partial charge in [0.2, 0.25) is 4.96 Å². The zero-order chi connectivity index (χ0) is 12.7. The number of hydrogen-bond donors (Lipinski definition) is 1. The van der Waals surface area contributed by atoms with Gasteiger partial charge in [0.05, 0.1) is 0 Å². The minimum atomic E-state index is 0.747. The molecule has 5 nitrogen and oxygen atoms in total. The smallest absolute Gasteiger partial charge is 0.234 e. The van der Waals surface area contributed by atoms with Crippen molar-refractivity contribution in [3.63, 3.8) is 0 Å². The molecule has 0 fully saturated rings. The lowest BCUT2D eigenvalue weighted by Gasteiger charge is -2.02. The molecule has 2 N–H and O–H groups in total. The predicted octanol–water partition coefficient (Wildman–Crippen LogP) is 2.31. The quantitative estimate of drug-likeness (QED) is 0.717. The van der Waals surface area contributed by atoms with Crippen molar-refractivity contribution in [1.82, 2.24) is 19.8 Å². The van der Waals surface area contributed by atoms with E-state index in [0.717, 1.165) is 39.0 Å². The molecule has 2 heterocycles. The monoisotopic (exact) mass is 259 g/mol. The van der Waals surface area contributed by atoms with Gasteiger partial charge < -0.3 is 5.73 Å². The van der Waals surface area contributed by atoms with E-state index in [2.05, 4.69) is 22.2 Å². The van der Waals surface area contributed by atoms with Crippen LogP contribution in [0.3, 0.4) is 0 Å². The molecule has 1 aromatic carbocycles. The second-order valence-electron chi connectivity index (χ2n) is 4.15. The number of aryl methyl sites for hydroxylation is 2. The van der Waals surface area contributed by atoms with E-state index in [-0.39, 0.29) is 0 Å². The zero-order valence-electron chi connectivity index (χ0n) is 10.2. The van der Waals surface area contributed by atoms with Gasteiger partial charge >= 0.3 is 0 Å². The summed E-state index contributed by atoms with van der Waals surface area (Å²) in [5, 5.41) is 13.7. The van der Waals surface area contributed by atoms with Gasteiger partial charge in [-0.25, -0.2) is 0 Å². The number of nitrogens with two attached hydrogens (primary N) is 1. The van der Waals surface area contributed by atoms with Crippen molar-refractivity contribution in [3.05, 3.63) is 29.6 Å². The molecule has 0 aliphatic carbocycles. The average molecular weight is 259 g/mol. The van der Waals surface area contributed by atoms with Gasteiger partial charge in [-0.3, -0.25) is 0 Å². The van der Waals surface area contributed by atoms with Crippen LogP contribution in [-0.2, 0) is 6.42 Å². The average Bonchev–Trinajstić information content (AvgIpc) is 2.91. The summed E-state index contributed by atoms with van der Waals surface area (Å²) in [6, 6.07) is 5.86. The van der Waals surface area contributed by atoms with E-state index < -0.39 is 0 Å². The minimum Gasteiger partial charge on any atom is -0.399 e. The van der Waals surface area contributed by atoms with Crippen LogP contribution < -0.4 is 5.73 Å². The standard InChI is InChI=1S/C12H13N5S/c1-3-10-14-15-12-17(10)16-11(18-12)9-6-8(13)5-4-7(9)2/h4-6H,3,13H2,1-2H3. The second kappa shape index (κ2) is 4.06. The van der Waals surface area contributed by atoms with Crippen molar-refractivity contribution < 1.29 is 0 Å². The van der Waals surface area contributed by atoms with E-state index in [1.165, 1.54) is 11.3 Å². The summed E-state index contributed by atoms with van der Waals surface area (Å²) in [6.07, 6.45) is 0.820. The third-order valence-corrected chi connectivity index (χ3v) is 3.80. The Morgan fingerprint density at radius 3 is 2.94 bits per heavy atom. The third kappa shape index (κ3) is 1.65. The van der Waals surface area contributed by atoms with Gasteiger partial charge in [-0.2, -0.15) is 9.61 Å². The molecule has 0 radical (unpaired) electrons. The van der Waals surface area contributed by atoms with E-state index in [1.807, 2.05) is 29.6 Å². The number of benzene rings is 1. The van der Waals surface area contributed by atoms with Crippen LogP contribution in [0, 0.1) is 6.92 Å². The van der Waals surface area contributed by atoms with Gasteiger partial charge in [-0.05, 0) is 24.6 Å². The fourth-order valence-electron chi connectivity index (χ4n) is 1.86. The fraction of sp³-hybridized carbons (Fsp3) is 0.250. The molecular formula is C12H13N5S. The molecule has 0 saturated carbocycles. The van der Waals surface area contributed by atoms with Gasteiger partial charge in [0.1, 0.15) is 5.01 Å². The molecular weight excluding hydrogens is 246 g/mol. The van der Waals surface area contributed by atoms with Crippen LogP contribution in [0.4, 0.5) is 5.69 Å². The molecule has 0 aliphatic rings. The van der Waals surface area contributed by atoms with E-state index in [1.54, 1.807) is 0 Å². The van der Waals surface area contributed by atoms with Crippen LogP contribution in [0.15, 0.2) is 18.2 Å². The molecule has 0 unspecified atom stereocenters. The zero-order valence-corrected chi connectivity index (χ0v) is 11.0. The van der Waals surface area contributed by atoms with E-state index in [9.17, 15) is 0 Å². The third-order valence-electron chi connectivity index (χ3n) is 2.86. The van der Waals surface area contributed by atoms with Crippen molar-refractivity contribution in [1.29, 1.82) is 0 Å². The Hall–Kier alpha value is -1.95. The van der Waals surface area contributed by atoms with Crippen LogP contribution in [-0.4, -0.2) is 19.8 Å². The first-order valence-corrected chi connectivity index (χ1v) is 6.58. The molecule has 3 rings (SSSR count). The van der Waals surface area contributed by atoms with Crippen LogP contribution in [0.5, 0.6) is 0 Å². The fourth-order valence-corrected chi connectivity index (χ4v) is 2.80. The number of anilines is 1. The summed E-state index contributed by atoms with van der Waals surface area (Å²) in [5.74, 6) is 0.883. The van der Waals surface area contributed by atoms with Gasteiger partial charge in [0.25, 0.3) is 0 Å². The molecule has 2 aromatic heterocycles. The molecule has 0 aliphatic heterocycles. The first-order valence-electron chi connectivity index (χ1n) is 5.76. The summed E-state index contributed by atoms with van der Waals surface area (Å²) in [5.41, 5.74) is 8.80. The van der Waals surface area contributed by atoms with Gasteiger partial charge in [0, 0.05) is 17.7 Å². The number of nitrogen functional groups attached to an aromatic ring is 1. The van der Waals surface area contributed by atoms with E-state index in [0.29, 0.717) is 0 Å². The maximum absolute atomic E-state index is 5.83. The van der Waals surface area contributed by atoms with Gasteiger partial charge in [-0.1, -0.05) is 24.3 Å². The molecule has 92 valence electrons. The second-order valence-corrected chi connectivity index (χ2v) is 5.10. The summed E-state index contributed by atoms with van der Waals surface area (Å²) >= 11 is 1.53. The van der Waals surface area contributed by atoms with Crippen molar-refractivity contribution in [2.24, 2.45) is 0 Å². The Morgan fingerprint density at radius 2 is 2.17 bits per heavy atom. The molecule has 0 atom stereocenters. The molecule has 0 saturated heterocycles. The van der Waals surface area contributed by atoms with Gasteiger partial charge in [-0.15, -0.1) is 10.2 Å². The largest absolute Gasteiger partial charge is 0.399 e. The molecule has 0 bridgehead atoms. The molecule has 0 spiro atoms. The minimum absolute atomic E-state index is 0.747. The Kier molecular flexibility index (Phi) is 2.52. The van der Waals surface area contributed by atoms with Crippen LogP contribution in [0.25, 0.3) is 15.5 Å². The highest BCUT2D eigenvalue weighted by Crippen LogP contribution is 2.29. The summed E-state index contributed by atoms with van der Waals surface area (Å²) in [4.78, 5) is 0.823. The number of fused-ring (bicyclic) bond motifs is 1. The van der Waals surface area contributed by atoms with Crippen LogP contribution in [0.1, 0.15) is 18.3 Å². The highest BCUT2D eigenvalue weighted by atomic mass is 32.1. The maximum atomic E-state index is 5.83. The van der Waals surface area contributed by atoms with E-state index in [4.69, 9.17) is 5.73 Å². The lowest BCUT2D eigenvalue weighted by atomic mass is 10.1. The van der Waals surface area contributed by atoms with Crippen molar-refractivity contribution >= 4 is 22.0 Å². The normalized spacial score (nSPS) is 11.2. The number of rotatable bonds is 2. The predicted molar refractivity (Wildman–Crippen MR) is 72.6 cm³/mol. The topological polar surface area (TPSA) is 69.1 Å². The van der Waals surface area contributed by atoms with Crippen molar-refractivity contribution in [2.45, 2.75) is 20.3 Å². The summed E-state index contributed by atoms with van der Waals surface area (Å²) in [6.45, 7) is 4.10. The van der Waals surface area contributed by atoms with Gasteiger partial charge in [0.15, 0.2) is 5.82 Å². The maximum Gasteiger partial charge on any atom is 0.234 e. The van der Waals surface area contributed by atoms with Crippen LogP contribution in [0.2, 0.25) is 0 Å². The highest BCUT2D eigenvalue weighted by molar-refractivity contribution is 7.19. The molecule has 18 heavy (non-hydrogen) atoms. The summed E-state index contributed by atoms with van der Waals surface area (Å²) < 4.78 is 1.81. The summed E-state index contributed by atoms with van der Waals surface area (Å²) in [7, 11) is 0. The highest BCUT2D eigenvalue weighted by Gasteiger charge is 2.13. The van der Waals surface area contributed by atoms with E-state index >= 15 is 0 Å². The molecule has 0 amide bonds. The molecule has 3 aromatic rings. The first-order chi connectivity index (χ1) is 8.69. The first kappa shape index (κ1) is 11.2. The van der Waals surface area contributed by atoms with Crippen molar-refractivity contribution in [3.8, 4) is 10.6 Å². The lowest BCUT2D eigenvalue weighted by Crippen LogP contribution is -1.94. The Balaban J connectivity index is 2.19. The Bertz CT molecular complexity index is 712. The SMILES string of the molecule is CCc1nnc2sc(-c3cc(N)ccc3C)nn12. The van der Waals surface area contributed by atoms with Crippen LogP contribution >= 0.6 is 11.3 Å². The lowest BCUT2D eigenvalue weighted by molar-refractivity contribution is 0.837. The molecule has 6 heteroatoms. The van der Waals surface area contributed by atoms with Crippen molar-refractivity contribution in [2.75, 3.05) is 5.73 Å². The number of hydrogen-bond acceptors (Lipinski definition) is 5. The number of aromatic nitrogens is 4. The Labute approximate surface area is 108 Å². The Morgan fingerprint density at radius 1 is 1.33 bits per heavy atom.